The fraction of sp³-hybridized carbons (Fsp3) is 0.240. The van der Waals surface area contributed by atoms with Gasteiger partial charge in [-0.15, -0.1) is 0 Å². The number of rotatable bonds is 9. The molecule has 0 bridgehead atoms. The predicted molar refractivity (Wildman–Crippen MR) is 240 cm³/mol. The maximum Gasteiger partial charge on any atom is 0.407 e. The number of likely N-dealkylation sites (tertiary alicyclic amines) is 2. The Bertz CT molecular complexity index is 2900. The Morgan fingerprint density at radius 3 is 1.83 bits per heavy atom. The number of methoxy groups -OCH3 is 2. The molecule has 0 spiro atoms. The zero-order valence-corrected chi connectivity index (χ0v) is 35.3. The van der Waals surface area contributed by atoms with Crippen LogP contribution < -0.4 is 10.6 Å². The number of nitrogens with zero attached hydrogens (tertiary/aromatic N) is 4. The highest BCUT2D eigenvalue weighted by atomic mass is 16.5. The molecule has 322 valence electrons. The summed E-state index contributed by atoms with van der Waals surface area (Å²) < 4.78 is 9.68. The van der Waals surface area contributed by atoms with Crippen LogP contribution >= 0.6 is 0 Å². The third-order valence-electron chi connectivity index (χ3n) is 12.0. The number of nitrogens with one attached hydrogen (secondary N) is 4. The highest BCUT2D eigenvalue weighted by Crippen LogP contribution is 2.36. The number of ether oxygens (including phenoxy) is 2. The van der Waals surface area contributed by atoms with Crippen LogP contribution in [0, 0.1) is 11.8 Å². The summed E-state index contributed by atoms with van der Waals surface area (Å²) in [6, 6.07) is 34.0. The first-order valence-electron chi connectivity index (χ1n) is 21.3. The van der Waals surface area contributed by atoms with Gasteiger partial charge in [0, 0.05) is 29.6 Å². The van der Waals surface area contributed by atoms with Gasteiger partial charge in [-0.25, -0.2) is 19.6 Å². The zero-order valence-electron chi connectivity index (χ0n) is 35.3. The van der Waals surface area contributed by atoms with Gasteiger partial charge >= 0.3 is 12.2 Å². The average molecular weight is 855 g/mol. The SMILES string of the molecule is COC(=O)NC(C(=O)N1CCCC1c1ncc(-c2ccc(C#Cc3ccc4c(ccc5[nH]c(C6CCCN6C(=O)C(NC(=O)OC)c6ccccc6)nc54)c3)cc2)[nH]1)c1ccccc1. The van der Waals surface area contributed by atoms with Gasteiger partial charge in [-0.05, 0) is 78.1 Å². The lowest BCUT2D eigenvalue weighted by Crippen LogP contribution is -2.42. The van der Waals surface area contributed by atoms with Crippen LogP contribution in [-0.2, 0) is 19.1 Å². The predicted octanol–water partition coefficient (Wildman–Crippen LogP) is 8.03. The summed E-state index contributed by atoms with van der Waals surface area (Å²) in [4.78, 5) is 72.7. The molecule has 64 heavy (non-hydrogen) atoms. The number of fused-ring (bicyclic) bond motifs is 3. The molecule has 5 aromatic carbocycles. The minimum absolute atomic E-state index is 0.218. The normalized spacial score (nSPS) is 16.8. The van der Waals surface area contributed by atoms with E-state index in [0.717, 1.165) is 69.9 Å². The number of aromatic nitrogens is 4. The summed E-state index contributed by atoms with van der Waals surface area (Å²) in [5, 5.41) is 7.40. The van der Waals surface area contributed by atoms with Crippen molar-refractivity contribution in [3.8, 4) is 23.1 Å². The topological polar surface area (TPSA) is 175 Å². The molecular weight excluding hydrogens is 809 g/mol. The van der Waals surface area contributed by atoms with E-state index in [4.69, 9.17) is 19.4 Å². The second-order valence-electron chi connectivity index (χ2n) is 15.9. The quantitative estimate of drug-likeness (QED) is 0.106. The van der Waals surface area contributed by atoms with Crippen LogP contribution in [0.2, 0.25) is 0 Å². The molecule has 0 aliphatic carbocycles. The van der Waals surface area contributed by atoms with E-state index in [2.05, 4.69) is 38.5 Å². The van der Waals surface area contributed by atoms with Crippen LogP contribution in [0.25, 0.3) is 33.1 Å². The minimum Gasteiger partial charge on any atom is -0.453 e. The highest BCUT2D eigenvalue weighted by Gasteiger charge is 2.38. The maximum absolute atomic E-state index is 14.0. The average Bonchev–Trinajstić information content (AvgIpc) is 4.19. The number of imidazole rings is 2. The molecule has 4 unspecified atom stereocenters. The number of aromatic amines is 2. The van der Waals surface area contributed by atoms with Gasteiger partial charge in [-0.2, -0.15) is 0 Å². The molecule has 14 heteroatoms. The van der Waals surface area contributed by atoms with Crippen molar-refractivity contribution < 1.29 is 28.7 Å². The standard InChI is InChI=1S/C50H46N8O6/c1-63-49(61)55-42(34-11-5-3-6-12-34)47(59)57-27-9-15-40(57)45-51-30-39(53-45)33-22-19-31(20-23-33)17-18-32-21-25-37-36(29-32)24-26-38-44(37)54-46(52-38)41-16-10-28-58(41)48(60)43(56-50(62)64-2)35-13-7-4-8-14-35/h3-8,11-14,19-26,29-30,40-43H,9-10,15-16,27-28H2,1-2H3,(H,51,53)(H,52,54)(H,55,61)(H,56,62). The van der Waals surface area contributed by atoms with Crippen molar-refractivity contribution in [1.82, 2.24) is 40.4 Å². The van der Waals surface area contributed by atoms with Crippen molar-refractivity contribution in [2.45, 2.75) is 49.9 Å². The fourth-order valence-corrected chi connectivity index (χ4v) is 8.77. The number of hydrogen-bond acceptors (Lipinski definition) is 8. The van der Waals surface area contributed by atoms with Gasteiger partial charge in [-0.3, -0.25) is 9.59 Å². The first-order chi connectivity index (χ1) is 31.3. The molecule has 2 saturated heterocycles. The number of H-pyrrole nitrogens is 2. The minimum atomic E-state index is -0.894. The number of benzene rings is 5. The molecule has 2 fully saturated rings. The van der Waals surface area contributed by atoms with E-state index < -0.39 is 24.3 Å². The number of hydrogen-bond donors (Lipinski definition) is 4. The largest absolute Gasteiger partial charge is 0.453 e. The van der Waals surface area contributed by atoms with Gasteiger partial charge < -0.3 is 39.9 Å². The van der Waals surface area contributed by atoms with Gasteiger partial charge in [0.1, 0.15) is 23.7 Å². The molecule has 2 aliphatic heterocycles. The molecule has 2 aromatic heterocycles. The number of carbonyl (C=O) groups is 4. The van der Waals surface area contributed by atoms with E-state index in [1.165, 1.54) is 14.2 Å². The van der Waals surface area contributed by atoms with E-state index in [9.17, 15) is 19.2 Å². The summed E-state index contributed by atoms with van der Waals surface area (Å²) in [5.74, 6) is 7.55. The Hall–Kier alpha value is -7.92. The molecule has 4 atom stereocenters. The lowest BCUT2D eigenvalue weighted by atomic mass is 10.0. The second-order valence-corrected chi connectivity index (χ2v) is 15.9. The van der Waals surface area contributed by atoms with E-state index in [0.29, 0.717) is 35.9 Å². The lowest BCUT2D eigenvalue weighted by molar-refractivity contribution is -0.135. The molecule has 4 N–H and O–H groups in total. The van der Waals surface area contributed by atoms with Crippen molar-refractivity contribution in [1.29, 1.82) is 0 Å². The van der Waals surface area contributed by atoms with E-state index in [1.54, 1.807) is 16.0 Å². The molecule has 2 aliphatic rings. The summed E-state index contributed by atoms with van der Waals surface area (Å²) in [6.45, 7) is 1.09. The molecule has 4 heterocycles. The van der Waals surface area contributed by atoms with Crippen LogP contribution in [0.4, 0.5) is 9.59 Å². The molecule has 0 saturated carbocycles. The van der Waals surface area contributed by atoms with Crippen LogP contribution in [0.5, 0.6) is 0 Å². The molecule has 14 nitrogen and oxygen atoms in total. The smallest absolute Gasteiger partial charge is 0.407 e. The Balaban J connectivity index is 0.884. The van der Waals surface area contributed by atoms with Crippen molar-refractivity contribution >= 4 is 45.8 Å². The first kappa shape index (κ1) is 41.4. The first-order valence-corrected chi connectivity index (χ1v) is 21.3. The van der Waals surface area contributed by atoms with Crippen molar-refractivity contribution in [3.05, 3.63) is 155 Å². The Kier molecular flexibility index (Phi) is 11.8. The third-order valence-corrected chi connectivity index (χ3v) is 12.0. The highest BCUT2D eigenvalue weighted by molar-refractivity contribution is 6.04. The zero-order chi connectivity index (χ0) is 44.2. The van der Waals surface area contributed by atoms with Crippen LogP contribution in [0.1, 0.15) is 83.8 Å². The molecule has 9 rings (SSSR count). The summed E-state index contributed by atoms with van der Waals surface area (Å²) in [6.07, 6.45) is 3.53. The second kappa shape index (κ2) is 18.2. The van der Waals surface area contributed by atoms with Crippen LogP contribution in [0.3, 0.4) is 0 Å². The van der Waals surface area contributed by atoms with E-state index in [1.807, 2.05) is 109 Å². The summed E-state index contributed by atoms with van der Waals surface area (Å²) in [7, 11) is 2.56. The maximum atomic E-state index is 14.0. The fourth-order valence-electron chi connectivity index (χ4n) is 8.77. The molecule has 0 radical (unpaired) electrons. The van der Waals surface area contributed by atoms with Crippen molar-refractivity contribution in [2.24, 2.45) is 0 Å². The van der Waals surface area contributed by atoms with Gasteiger partial charge in [-0.1, -0.05) is 96.8 Å². The van der Waals surface area contributed by atoms with Crippen LogP contribution in [0.15, 0.2) is 121 Å². The Labute approximate surface area is 369 Å². The summed E-state index contributed by atoms with van der Waals surface area (Å²) in [5.41, 5.74) is 6.49. The number of carbonyl (C=O) groups excluding carboxylic acids is 4. The van der Waals surface area contributed by atoms with Crippen molar-refractivity contribution in [2.75, 3.05) is 27.3 Å². The van der Waals surface area contributed by atoms with Crippen molar-refractivity contribution in [3.63, 3.8) is 0 Å². The van der Waals surface area contributed by atoms with E-state index in [-0.39, 0.29) is 23.9 Å². The Morgan fingerprint density at radius 2 is 1.23 bits per heavy atom. The number of amides is 4. The van der Waals surface area contributed by atoms with E-state index >= 15 is 0 Å². The van der Waals surface area contributed by atoms with Crippen LogP contribution in [-0.4, -0.2) is 81.0 Å². The third kappa shape index (κ3) is 8.48. The van der Waals surface area contributed by atoms with Gasteiger partial charge in [0.05, 0.1) is 49.2 Å². The molecule has 4 amide bonds. The monoisotopic (exact) mass is 854 g/mol. The molecule has 7 aromatic rings. The number of alkyl carbamates (subject to hydrolysis) is 2. The van der Waals surface area contributed by atoms with Gasteiger partial charge in [0.15, 0.2) is 0 Å². The molecular formula is C50H46N8O6. The Morgan fingerprint density at radius 1 is 0.672 bits per heavy atom. The summed E-state index contributed by atoms with van der Waals surface area (Å²) >= 11 is 0. The van der Waals surface area contributed by atoms with Gasteiger partial charge in [0.2, 0.25) is 0 Å². The van der Waals surface area contributed by atoms with Gasteiger partial charge in [0.25, 0.3) is 11.8 Å². The lowest BCUT2D eigenvalue weighted by Gasteiger charge is -2.28.